The molecule has 1 aliphatic carbocycles. The summed E-state index contributed by atoms with van der Waals surface area (Å²) in [5, 5.41) is 1.08. The zero-order valence-corrected chi connectivity index (χ0v) is 11.7. The van der Waals surface area contributed by atoms with E-state index in [0.717, 1.165) is 21.9 Å². The summed E-state index contributed by atoms with van der Waals surface area (Å²) in [5.41, 5.74) is 1.74. The third-order valence-electron chi connectivity index (χ3n) is 3.40. The molecule has 4 heteroatoms. The van der Waals surface area contributed by atoms with Crippen LogP contribution in [0.25, 0.3) is 10.9 Å². The first kappa shape index (κ1) is 11.8. The second-order valence-electron chi connectivity index (χ2n) is 4.78. The van der Waals surface area contributed by atoms with Crippen LogP contribution >= 0.6 is 15.9 Å². The van der Waals surface area contributed by atoms with Crippen molar-refractivity contribution in [3.63, 3.8) is 0 Å². The molecule has 0 radical (unpaired) electrons. The Labute approximate surface area is 114 Å². The number of halogens is 1. The molecule has 0 unspecified atom stereocenters. The van der Waals surface area contributed by atoms with Gasteiger partial charge in [0.05, 0.1) is 7.11 Å². The zero-order valence-electron chi connectivity index (χ0n) is 10.1. The molecule has 0 saturated heterocycles. The van der Waals surface area contributed by atoms with Crippen molar-refractivity contribution in [3.8, 4) is 0 Å². The van der Waals surface area contributed by atoms with Crippen LogP contribution in [0, 0.1) is 5.92 Å². The van der Waals surface area contributed by atoms with Crippen molar-refractivity contribution in [3.05, 3.63) is 34.4 Å². The third-order valence-corrected chi connectivity index (χ3v) is 3.89. The van der Waals surface area contributed by atoms with Gasteiger partial charge in [-0.15, -0.1) is 0 Å². The molecule has 0 N–H and O–H groups in total. The zero-order chi connectivity index (χ0) is 12.7. The molecule has 3 nitrogen and oxygen atoms in total. The van der Waals surface area contributed by atoms with Crippen molar-refractivity contribution in [2.75, 3.05) is 7.11 Å². The number of ether oxygens (including phenoxy) is 1. The second-order valence-corrected chi connectivity index (χ2v) is 5.69. The van der Waals surface area contributed by atoms with E-state index in [1.165, 1.54) is 20.0 Å². The van der Waals surface area contributed by atoms with Crippen molar-refractivity contribution in [1.82, 2.24) is 4.57 Å². The van der Waals surface area contributed by atoms with Gasteiger partial charge in [0.25, 0.3) is 0 Å². The standard InChI is InChI=1S/C14H14BrNO2/c1-18-14(17)13-6-10-4-5-11(15)7-12(10)16(13)8-9-2-3-9/h4-7,9H,2-3,8H2,1H3. The van der Waals surface area contributed by atoms with Crippen LogP contribution in [0.4, 0.5) is 0 Å². The van der Waals surface area contributed by atoms with Crippen LogP contribution in [0.15, 0.2) is 28.7 Å². The third kappa shape index (κ3) is 2.05. The molecule has 1 heterocycles. The molecular formula is C14H14BrNO2. The van der Waals surface area contributed by atoms with Crippen LogP contribution in [-0.2, 0) is 11.3 Å². The van der Waals surface area contributed by atoms with E-state index in [4.69, 9.17) is 4.74 Å². The van der Waals surface area contributed by atoms with Gasteiger partial charge in [0.15, 0.2) is 0 Å². The Morgan fingerprint density at radius 2 is 2.22 bits per heavy atom. The van der Waals surface area contributed by atoms with Crippen LogP contribution in [-0.4, -0.2) is 17.6 Å². The van der Waals surface area contributed by atoms with Crippen molar-refractivity contribution < 1.29 is 9.53 Å². The number of hydrogen-bond acceptors (Lipinski definition) is 2. The molecule has 0 aliphatic heterocycles. The first-order chi connectivity index (χ1) is 8.69. The van der Waals surface area contributed by atoms with E-state index in [1.54, 1.807) is 0 Å². The van der Waals surface area contributed by atoms with Gasteiger partial charge >= 0.3 is 5.97 Å². The Kier molecular flexibility index (Phi) is 2.90. The minimum absolute atomic E-state index is 0.261. The van der Waals surface area contributed by atoms with Crippen LogP contribution < -0.4 is 0 Å². The number of nitrogens with zero attached hydrogens (tertiary/aromatic N) is 1. The van der Waals surface area contributed by atoms with E-state index in [0.29, 0.717) is 11.6 Å². The normalized spacial score (nSPS) is 15.0. The van der Waals surface area contributed by atoms with Gasteiger partial charge < -0.3 is 9.30 Å². The van der Waals surface area contributed by atoms with Crippen molar-refractivity contribution in [1.29, 1.82) is 0 Å². The summed E-state index contributed by atoms with van der Waals surface area (Å²) in [5.74, 6) is 0.450. The monoisotopic (exact) mass is 307 g/mol. The molecule has 18 heavy (non-hydrogen) atoms. The Morgan fingerprint density at radius 1 is 1.44 bits per heavy atom. The highest BCUT2D eigenvalue weighted by Crippen LogP contribution is 2.34. The van der Waals surface area contributed by atoms with Gasteiger partial charge in [0.2, 0.25) is 0 Å². The average molecular weight is 308 g/mol. The molecule has 1 fully saturated rings. The van der Waals surface area contributed by atoms with Crippen molar-refractivity contribution >= 4 is 32.8 Å². The first-order valence-corrected chi connectivity index (χ1v) is 6.85. The molecule has 0 amide bonds. The lowest BCUT2D eigenvalue weighted by Gasteiger charge is -2.08. The Balaban J connectivity index is 2.16. The highest BCUT2D eigenvalue weighted by molar-refractivity contribution is 9.10. The molecule has 1 aromatic carbocycles. The van der Waals surface area contributed by atoms with E-state index in [2.05, 4.69) is 26.6 Å². The fraction of sp³-hybridized carbons (Fsp3) is 0.357. The average Bonchev–Trinajstić information content (AvgIpc) is 3.11. The molecule has 1 aliphatic rings. The molecule has 1 saturated carbocycles. The minimum atomic E-state index is -0.261. The smallest absolute Gasteiger partial charge is 0.354 e. The van der Waals surface area contributed by atoms with Crippen LogP contribution in [0.2, 0.25) is 0 Å². The number of hydrogen-bond donors (Lipinski definition) is 0. The van der Waals surface area contributed by atoms with Gasteiger partial charge in [-0.2, -0.15) is 0 Å². The lowest BCUT2D eigenvalue weighted by atomic mass is 10.2. The van der Waals surface area contributed by atoms with E-state index >= 15 is 0 Å². The fourth-order valence-electron chi connectivity index (χ4n) is 2.26. The maximum Gasteiger partial charge on any atom is 0.354 e. The molecule has 94 valence electrons. The molecule has 0 spiro atoms. The van der Waals surface area contributed by atoms with E-state index in [1.807, 2.05) is 18.2 Å². The van der Waals surface area contributed by atoms with Gasteiger partial charge in [-0.1, -0.05) is 22.0 Å². The maximum atomic E-state index is 11.8. The number of esters is 1. The highest BCUT2D eigenvalue weighted by Gasteiger charge is 2.25. The number of carbonyl (C=O) groups is 1. The lowest BCUT2D eigenvalue weighted by molar-refractivity contribution is 0.0588. The Morgan fingerprint density at radius 3 is 2.89 bits per heavy atom. The summed E-state index contributed by atoms with van der Waals surface area (Å²) in [6, 6.07) is 7.99. The van der Waals surface area contributed by atoms with E-state index in [-0.39, 0.29) is 5.97 Å². The van der Waals surface area contributed by atoms with Gasteiger partial charge in [-0.25, -0.2) is 4.79 Å². The molecule has 1 aromatic heterocycles. The molecule has 2 aromatic rings. The van der Waals surface area contributed by atoms with E-state index in [9.17, 15) is 4.79 Å². The van der Waals surface area contributed by atoms with Crippen LogP contribution in [0.1, 0.15) is 23.3 Å². The predicted molar refractivity (Wildman–Crippen MR) is 73.7 cm³/mol. The predicted octanol–water partition coefficient (Wildman–Crippen LogP) is 3.60. The summed E-state index contributed by atoms with van der Waals surface area (Å²) in [7, 11) is 1.43. The summed E-state index contributed by atoms with van der Waals surface area (Å²) in [6.07, 6.45) is 2.52. The summed E-state index contributed by atoms with van der Waals surface area (Å²) in [4.78, 5) is 11.8. The highest BCUT2D eigenvalue weighted by atomic mass is 79.9. The molecular weight excluding hydrogens is 294 g/mol. The number of rotatable bonds is 3. The Hall–Kier alpha value is -1.29. The van der Waals surface area contributed by atoms with Gasteiger partial charge in [0.1, 0.15) is 5.69 Å². The number of methoxy groups -OCH3 is 1. The fourth-order valence-corrected chi connectivity index (χ4v) is 2.61. The molecule has 0 bridgehead atoms. The van der Waals surface area contributed by atoms with Crippen molar-refractivity contribution in [2.45, 2.75) is 19.4 Å². The topological polar surface area (TPSA) is 31.2 Å². The maximum absolute atomic E-state index is 11.8. The Bertz CT molecular complexity index is 614. The molecule has 0 atom stereocenters. The number of fused-ring (bicyclic) bond motifs is 1. The second kappa shape index (κ2) is 4.43. The van der Waals surface area contributed by atoms with Gasteiger partial charge in [0, 0.05) is 21.9 Å². The summed E-state index contributed by atoms with van der Waals surface area (Å²) >= 11 is 3.48. The largest absolute Gasteiger partial charge is 0.464 e. The number of aromatic nitrogens is 1. The molecule has 3 rings (SSSR count). The van der Waals surface area contributed by atoms with E-state index < -0.39 is 0 Å². The first-order valence-electron chi connectivity index (χ1n) is 6.06. The van der Waals surface area contributed by atoms with Crippen LogP contribution in [0.3, 0.4) is 0 Å². The van der Waals surface area contributed by atoms with Crippen LogP contribution in [0.5, 0.6) is 0 Å². The number of carbonyl (C=O) groups excluding carboxylic acids is 1. The number of benzene rings is 1. The minimum Gasteiger partial charge on any atom is -0.464 e. The SMILES string of the molecule is COC(=O)c1cc2ccc(Br)cc2n1CC1CC1. The van der Waals surface area contributed by atoms with Gasteiger partial charge in [-0.05, 0) is 37.0 Å². The lowest BCUT2D eigenvalue weighted by Crippen LogP contribution is -2.11. The quantitative estimate of drug-likeness (QED) is 0.811. The summed E-state index contributed by atoms with van der Waals surface area (Å²) < 4.78 is 7.98. The van der Waals surface area contributed by atoms with Crippen molar-refractivity contribution in [2.24, 2.45) is 5.92 Å². The van der Waals surface area contributed by atoms with Gasteiger partial charge in [-0.3, -0.25) is 0 Å². The summed E-state index contributed by atoms with van der Waals surface area (Å²) in [6.45, 7) is 0.907.